The maximum atomic E-state index is 11.0. The molecule has 0 saturated carbocycles. The first-order valence-electron chi connectivity index (χ1n) is 6.98. The predicted molar refractivity (Wildman–Crippen MR) is 83.6 cm³/mol. The molecular formula is C18H17NO2. The number of aromatic nitrogens is 1. The Balaban J connectivity index is 2.06. The van der Waals surface area contributed by atoms with Gasteiger partial charge in [0.1, 0.15) is 0 Å². The third kappa shape index (κ3) is 2.68. The first kappa shape index (κ1) is 13.4. The SMILES string of the molecule is Cc1ccccc1Cn1cc(CC(=O)O)c2ccccc21. The van der Waals surface area contributed by atoms with Gasteiger partial charge in [-0.1, -0.05) is 42.5 Å². The number of hydrogen-bond acceptors (Lipinski definition) is 1. The van der Waals surface area contributed by atoms with Crippen LogP contribution in [0.3, 0.4) is 0 Å². The molecule has 1 heterocycles. The Bertz CT molecular complexity index is 802. The minimum absolute atomic E-state index is 0.0568. The molecule has 0 aliphatic rings. The zero-order valence-electron chi connectivity index (χ0n) is 11.9. The molecule has 0 aliphatic heterocycles. The predicted octanol–water partition coefficient (Wildman–Crippen LogP) is 3.63. The van der Waals surface area contributed by atoms with Crippen LogP contribution in [0.25, 0.3) is 10.9 Å². The van der Waals surface area contributed by atoms with Crippen LogP contribution in [0, 0.1) is 6.92 Å². The lowest BCUT2D eigenvalue weighted by molar-refractivity contribution is -0.136. The summed E-state index contributed by atoms with van der Waals surface area (Å²) in [5.74, 6) is -0.797. The van der Waals surface area contributed by atoms with Gasteiger partial charge < -0.3 is 9.67 Å². The molecule has 3 aromatic rings. The zero-order valence-corrected chi connectivity index (χ0v) is 11.9. The minimum atomic E-state index is -0.797. The standard InChI is InChI=1S/C18H17NO2/c1-13-6-2-3-7-14(13)11-19-12-15(10-18(20)21)16-8-4-5-9-17(16)19/h2-9,12H,10-11H2,1H3,(H,20,21). The highest BCUT2D eigenvalue weighted by Crippen LogP contribution is 2.23. The van der Waals surface area contributed by atoms with E-state index in [2.05, 4.69) is 23.6 Å². The van der Waals surface area contributed by atoms with E-state index >= 15 is 0 Å². The summed E-state index contributed by atoms with van der Waals surface area (Å²) in [6.45, 7) is 2.85. The van der Waals surface area contributed by atoms with Crippen molar-refractivity contribution in [3.05, 3.63) is 71.4 Å². The maximum Gasteiger partial charge on any atom is 0.307 e. The number of carboxylic acids is 1. The molecule has 3 rings (SSSR count). The summed E-state index contributed by atoms with van der Waals surface area (Å²) in [4.78, 5) is 11.0. The molecule has 0 saturated heterocycles. The van der Waals surface area contributed by atoms with E-state index in [9.17, 15) is 4.79 Å². The van der Waals surface area contributed by atoms with E-state index in [1.54, 1.807) is 0 Å². The molecule has 2 aromatic carbocycles. The summed E-state index contributed by atoms with van der Waals surface area (Å²) in [7, 11) is 0. The maximum absolute atomic E-state index is 11.0. The molecule has 21 heavy (non-hydrogen) atoms. The quantitative estimate of drug-likeness (QED) is 0.792. The summed E-state index contributed by atoms with van der Waals surface area (Å²) < 4.78 is 2.13. The number of para-hydroxylation sites is 1. The van der Waals surface area contributed by atoms with Crippen molar-refractivity contribution in [2.24, 2.45) is 0 Å². The lowest BCUT2D eigenvalue weighted by atomic mass is 10.1. The number of benzene rings is 2. The van der Waals surface area contributed by atoms with Crippen LogP contribution in [-0.2, 0) is 17.8 Å². The van der Waals surface area contributed by atoms with Crippen LogP contribution in [0.2, 0.25) is 0 Å². The van der Waals surface area contributed by atoms with Crippen LogP contribution in [0.1, 0.15) is 16.7 Å². The molecule has 0 radical (unpaired) electrons. The number of rotatable bonds is 4. The largest absolute Gasteiger partial charge is 0.481 e. The number of carboxylic acid groups (broad SMARTS) is 1. The summed E-state index contributed by atoms with van der Waals surface area (Å²) in [6.07, 6.45) is 2.02. The zero-order chi connectivity index (χ0) is 14.8. The normalized spacial score (nSPS) is 10.9. The van der Waals surface area contributed by atoms with Crippen LogP contribution in [0.15, 0.2) is 54.7 Å². The Morgan fingerprint density at radius 2 is 1.76 bits per heavy atom. The first-order valence-corrected chi connectivity index (χ1v) is 6.98. The second kappa shape index (κ2) is 5.44. The van der Waals surface area contributed by atoms with E-state index in [0.29, 0.717) is 0 Å². The Kier molecular flexibility index (Phi) is 3.48. The molecule has 1 aromatic heterocycles. The lowest BCUT2D eigenvalue weighted by Gasteiger charge is -2.08. The van der Waals surface area contributed by atoms with Crippen LogP contribution < -0.4 is 0 Å². The molecule has 0 aliphatic carbocycles. The van der Waals surface area contributed by atoms with Gasteiger partial charge >= 0.3 is 5.97 Å². The van der Waals surface area contributed by atoms with E-state index in [0.717, 1.165) is 23.0 Å². The highest BCUT2D eigenvalue weighted by atomic mass is 16.4. The van der Waals surface area contributed by atoms with Gasteiger partial charge in [-0.2, -0.15) is 0 Å². The van der Waals surface area contributed by atoms with Gasteiger partial charge in [0.25, 0.3) is 0 Å². The van der Waals surface area contributed by atoms with Crippen molar-refractivity contribution in [2.75, 3.05) is 0 Å². The molecule has 0 bridgehead atoms. The van der Waals surface area contributed by atoms with Gasteiger partial charge in [0, 0.05) is 23.6 Å². The van der Waals surface area contributed by atoms with Gasteiger partial charge in [-0.25, -0.2) is 0 Å². The average Bonchev–Trinajstić information content (AvgIpc) is 2.79. The topological polar surface area (TPSA) is 42.2 Å². The molecule has 106 valence electrons. The highest BCUT2D eigenvalue weighted by Gasteiger charge is 2.11. The fourth-order valence-electron chi connectivity index (χ4n) is 2.73. The van der Waals surface area contributed by atoms with Crippen molar-refractivity contribution in [3.8, 4) is 0 Å². The fraction of sp³-hybridized carbons (Fsp3) is 0.167. The Morgan fingerprint density at radius 1 is 1.05 bits per heavy atom. The molecule has 0 amide bonds. The molecule has 3 heteroatoms. The molecule has 0 fully saturated rings. The number of aryl methyl sites for hydroxylation is 1. The van der Waals surface area contributed by atoms with Gasteiger partial charge in [0.05, 0.1) is 6.42 Å². The summed E-state index contributed by atoms with van der Waals surface area (Å²) in [6, 6.07) is 16.2. The molecule has 1 N–H and O–H groups in total. The van der Waals surface area contributed by atoms with Crippen molar-refractivity contribution in [3.63, 3.8) is 0 Å². The lowest BCUT2D eigenvalue weighted by Crippen LogP contribution is -2.01. The Morgan fingerprint density at radius 3 is 2.52 bits per heavy atom. The van der Waals surface area contributed by atoms with E-state index < -0.39 is 5.97 Å². The van der Waals surface area contributed by atoms with E-state index in [1.165, 1.54) is 11.1 Å². The highest BCUT2D eigenvalue weighted by molar-refractivity contribution is 5.87. The van der Waals surface area contributed by atoms with Gasteiger partial charge in [-0.05, 0) is 29.7 Å². The van der Waals surface area contributed by atoms with E-state index in [4.69, 9.17) is 5.11 Å². The van der Waals surface area contributed by atoms with Crippen molar-refractivity contribution < 1.29 is 9.90 Å². The first-order chi connectivity index (χ1) is 10.1. The van der Waals surface area contributed by atoms with Gasteiger partial charge in [0.2, 0.25) is 0 Å². The summed E-state index contributed by atoms with van der Waals surface area (Å²) in [5, 5.41) is 10.1. The van der Waals surface area contributed by atoms with E-state index in [-0.39, 0.29) is 6.42 Å². The smallest absolute Gasteiger partial charge is 0.307 e. The molecule has 0 spiro atoms. The molecule has 0 atom stereocenters. The number of fused-ring (bicyclic) bond motifs is 1. The Labute approximate surface area is 123 Å². The van der Waals surface area contributed by atoms with Crippen molar-refractivity contribution in [1.82, 2.24) is 4.57 Å². The average molecular weight is 279 g/mol. The monoisotopic (exact) mass is 279 g/mol. The van der Waals surface area contributed by atoms with Crippen molar-refractivity contribution in [1.29, 1.82) is 0 Å². The number of carbonyl (C=O) groups is 1. The van der Waals surface area contributed by atoms with Crippen molar-refractivity contribution in [2.45, 2.75) is 19.9 Å². The van der Waals surface area contributed by atoms with E-state index in [1.807, 2.05) is 42.6 Å². The van der Waals surface area contributed by atoms with Gasteiger partial charge in [-0.3, -0.25) is 4.79 Å². The number of nitrogens with zero attached hydrogens (tertiary/aromatic N) is 1. The van der Waals surface area contributed by atoms with Gasteiger partial charge in [0.15, 0.2) is 0 Å². The van der Waals surface area contributed by atoms with Crippen LogP contribution in [-0.4, -0.2) is 15.6 Å². The number of aliphatic carboxylic acids is 1. The molecular weight excluding hydrogens is 262 g/mol. The van der Waals surface area contributed by atoms with Crippen LogP contribution >= 0.6 is 0 Å². The fourth-order valence-corrected chi connectivity index (χ4v) is 2.73. The summed E-state index contributed by atoms with van der Waals surface area (Å²) in [5.41, 5.74) is 4.44. The van der Waals surface area contributed by atoms with Crippen LogP contribution in [0.5, 0.6) is 0 Å². The molecule has 0 unspecified atom stereocenters. The van der Waals surface area contributed by atoms with Gasteiger partial charge in [-0.15, -0.1) is 0 Å². The molecule has 3 nitrogen and oxygen atoms in total. The second-order valence-electron chi connectivity index (χ2n) is 5.30. The Hall–Kier alpha value is -2.55. The third-order valence-corrected chi connectivity index (χ3v) is 3.81. The second-order valence-corrected chi connectivity index (χ2v) is 5.30. The van der Waals surface area contributed by atoms with Crippen molar-refractivity contribution >= 4 is 16.9 Å². The van der Waals surface area contributed by atoms with Crippen LogP contribution in [0.4, 0.5) is 0 Å². The minimum Gasteiger partial charge on any atom is -0.481 e. The third-order valence-electron chi connectivity index (χ3n) is 3.81. The number of hydrogen-bond donors (Lipinski definition) is 1. The summed E-state index contributed by atoms with van der Waals surface area (Å²) >= 11 is 0.